The summed E-state index contributed by atoms with van der Waals surface area (Å²) in [6.07, 6.45) is 0.808. The van der Waals surface area contributed by atoms with Gasteiger partial charge >= 0.3 is 6.03 Å². The number of nitrogens with one attached hydrogen (secondary N) is 1. The van der Waals surface area contributed by atoms with Gasteiger partial charge in [0.15, 0.2) is 11.5 Å². The molecular weight excluding hydrogens is 320 g/mol. The number of hydrogen-bond acceptors (Lipinski definition) is 4. The minimum Gasteiger partial charge on any atom is -0.488 e. The lowest BCUT2D eigenvalue weighted by Gasteiger charge is -2.20. The number of rotatable bonds is 4. The molecule has 0 fully saturated rings. The lowest BCUT2D eigenvalue weighted by Crippen LogP contribution is -2.41. The SMILES string of the molecule is CN(Cc1ccc2c(c1)OCO2)C(=O)NC[C@@H]1Cc2ccccc2O1. The van der Waals surface area contributed by atoms with E-state index < -0.39 is 0 Å². The standard InChI is InChI=1S/C19H20N2O4/c1-21(11-13-6-7-17-18(8-13)24-12-23-17)19(22)20-10-15-9-14-4-2-3-5-16(14)25-15/h2-8,15H,9-12H2,1H3,(H,20,22)/t15-/m0/s1. The van der Waals surface area contributed by atoms with Crippen LogP contribution in [-0.2, 0) is 13.0 Å². The van der Waals surface area contributed by atoms with E-state index in [1.54, 1.807) is 11.9 Å². The highest BCUT2D eigenvalue weighted by Crippen LogP contribution is 2.32. The van der Waals surface area contributed by atoms with Crippen molar-refractivity contribution in [2.75, 3.05) is 20.4 Å². The second-order valence-electron chi connectivity index (χ2n) is 6.28. The summed E-state index contributed by atoms with van der Waals surface area (Å²) in [5.41, 5.74) is 2.18. The first kappa shape index (κ1) is 15.6. The summed E-state index contributed by atoms with van der Waals surface area (Å²) < 4.78 is 16.5. The number of amides is 2. The van der Waals surface area contributed by atoms with E-state index in [9.17, 15) is 4.79 Å². The first-order chi connectivity index (χ1) is 12.2. The van der Waals surface area contributed by atoms with Crippen molar-refractivity contribution in [3.05, 3.63) is 53.6 Å². The average Bonchev–Trinajstić information content (AvgIpc) is 3.25. The molecule has 2 heterocycles. The lowest BCUT2D eigenvalue weighted by molar-refractivity contribution is 0.174. The van der Waals surface area contributed by atoms with Crippen LogP contribution in [0.3, 0.4) is 0 Å². The van der Waals surface area contributed by atoms with E-state index in [1.807, 2.05) is 36.4 Å². The molecule has 2 amide bonds. The maximum absolute atomic E-state index is 12.3. The van der Waals surface area contributed by atoms with Gasteiger partial charge in [-0.15, -0.1) is 0 Å². The van der Waals surface area contributed by atoms with Gasteiger partial charge in [-0.1, -0.05) is 24.3 Å². The predicted octanol–water partition coefficient (Wildman–Crippen LogP) is 2.56. The third-order valence-electron chi connectivity index (χ3n) is 4.40. The molecule has 2 aliphatic heterocycles. The molecule has 0 bridgehead atoms. The van der Waals surface area contributed by atoms with Crippen molar-refractivity contribution in [2.24, 2.45) is 0 Å². The number of carbonyl (C=O) groups is 1. The van der Waals surface area contributed by atoms with Crippen LogP contribution in [0.5, 0.6) is 17.2 Å². The van der Waals surface area contributed by atoms with Gasteiger partial charge in [0.25, 0.3) is 0 Å². The van der Waals surface area contributed by atoms with Crippen LogP contribution in [0, 0.1) is 0 Å². The zero-order valence-electron chi connectivity index (χ0n) is 14.0. The van der Waals surface area contributed by atoms with Crippen LogP contribution in [-0.4, -0.2) is 37.4 Å². The van der Waals surface area contributed by atoms with Crippen molar-refractivity contribution in [2.45, 2.75) is 19.1 Å². The molecule has 4 rings (SSSR count). The maximum atomic E-state index is 12.3. The molecule has 0 aromatic heterocycles. The van der Waals surface area contributed by atoms with Gasteiger partial charge in [-0.05, 0) is 29.3 Å². The highest BCUT2D eigenvalue weighted by Gasteiger charge is 2.23. The highest BCUT2D eigenvalue weighted by molar-refractivity contribution is 5.74. The van der Waals surface area contributed by atoms with Crippen LogP contribution < -0.4 is 19.5 Å². The molecule has 0 aliphatic carbocycles. The Morgan fingerprint density at radius 1 is 1.16 bits per heavy atom. The Hall–Kier alpha value is -2.89. The topological polar surface area (TPSA) is 60.0 Å². The quantitative estimate of drug-likeness (QED) is 0.929. The van der Waals surface area contributed by atoms with Gasteiger partial charge in [0, 0.05) is 20.0 Å². The molecule has 2 aromatic carbocycles. The van der Waals surface area contributed by atoms with Gasteiger partial charge in [-0.25, -0.2) is 4.79 Å². The maximum Gasteiger partial charge on any atom is 0.317 e. The van der Waals surface area contributed by atoms with Crippen LogP contribution in [0.25, 0.3) is 0 Å². The Morgan fingerprint density at radius 2 is 2.00 bits per heavy atom. The summed E-state index contributed by atoms with van der Waals surface area (Å²) in [5.74, 6) is 2.38. The smallest absolute Gasteiger partial charge is 0.317 e. The Labute approximate surface area is 146 Å². The number of nitrogens with zero attached hydrogens (tertiary/aromatic N) is 1. The van der Waals surface area contributed by atoms with Gasteiger partial charge in [-0.2, -0.15) is 0 Å². The first-order valence-corrected chi connectivity index (χ1v) is 8.31. The molecular formula is C19H20N2O4. The Kier molecular flexibility index (Phi) is 4.09. The molecule has 6 heteroatoms. The third-order valence-corrected chi connectivity index (χ3v) is 4.40. The van der Waals surface area contributed by atoms with Gasteiger partial charge in [0.1, 0.15) is 11.9 Å². The number of fused-ring (bicyclic) bond motifs is 2. The molecule has 0 spiro atoms. The van der Waals surface area contributed by atoms with Crippen molar-refractivity contribution in [3.8, 4) is 17.2 Å². The first-order valence-electron chi connectivity index (χ1n) is 8.31. The Bertz CT molecular complexity index is 768. The Balaban J connectivity index is 1.28. The van der Waals surface area contributed by atoms with Crippen molar-refractivity contribution in [1.29, 1.82) is 0 Å². The number of ether oxygens (including phenoxy) is 3. The van der Waals surface area contributed by atoms with E-state index in [1.165, 1.54) is 5.56 Å². The third kappa shape index (κ3) is 3.33. The second kappa shape index (κ2) is 6.55. The van der Waals surface area contributed by atoms with Crippen LogP contribution in [0.2, 0.25) is 0 Å². The molecule has 2 aromatic rings. The molecule has 0 saturated carbocycles. The van der Waals surface area contributed by atoms with E-state index in [2.05, 4.69) is 11.4 Å². The van der Waals surface area contributed by atoms with Gasteiger partial charge in [-0.3, -0.25) is 0 Å². The highest BCUT2D eigenvalue weighted by atomic mass is 16.7. The van der Waals surface area contributed by atoms with Crippen LogP contribution in [0.15, 0.2) is 42.5 Å². The predicted molar refractivity (Wildman–Crippen MR) is 92.0 cm³/mol. The summed E-state index contributed by atoms with van der Waals surface area (Å²) in [5, 5.41) is 2.94. The molecule has 6 nitrogen and oxygen atoms in total. The fraction of sp³-hybridized carbons (Fsp3) is 0.316. The van der Waals surface area contributed by atoms with Gasteiger partial charge in [0.05, 0.1) is 6.54 Å². The minimum absolute atomic E-state index is 0.0136. The summed E-state index contributed by atoms with van der Waals surface area (Å²) in [4.78, 5) is 14.0. The fourth-order valence-electron chi connectivity index (χ4n) is 3.09. The molecule has 1 N–H and O–H groups in total. The molecule has 0 radical (unpaired) electrons. The zero-order valence-corrected chi connectivity index (χ0v) is 14.0. The Morgan fingerprint density at radius 3 is 2.88 bits per heavy atom. The van der Waals surface area contributed by atoms with Crippen molar-refractivity contribution in [3.63, 3.8) is 0 Å². The molecule has 0 unspecified atom stereocenters. The molecule has 0 saturated heterocycles. The summed E-state index contributed by atoms with van der Waals surface area (Å²) in [6, 6.07) is 13.6. The lowest BCUT2D eigenvalue weighted by atomic mass is 10.1. The number of hydrogen-bond donors (Lipinski definition) is 1. The number of urea groups is 1. The molecule has 25 heavy (non-hydrogen) atoms. The largest absolute Gasteiger partial charge is 0.488 e. The van der Waals surface area contributed by atoms with Gasteiger partial charge in [0.2, 0.25) is 6.79 Å². The van der Waals surface area contributed by atoms with E-state index in [0.717, 1.165) is 29.2 Å². The normalized spacial score (nSPS) is 16.9. The van der Waals surface area contributed by atoms with E-state index in [4.69, 9.17) is 14.2 Å². The summed E-state index contributed by atoms with van der Waals surface area (Å²) in [6.45, 7) is 1.23. The molecule has 130 valence electrons. The van der Waals surface area contributed by atoms with Crippen molar-refractivity contribution in [1.82, 2.24) is 10.2 Å². The van der Waals surface area contributed by atoms with E-state index >= 15 is 0 Å². The van der Waals surface area contributed by atoms with Crippen molar-refractivity contribution < 1.29 is 19.0 Å². The molecule has 1 atom stereocenters. The van der Waals surface area contributed by atoms with E-state index in [-0.39, 0.29) is 18.9 Å². The van der Waals surface area contributed by atoms with Crippen LogP contribution in [0.4, 0.5) is 4.79 Å². The number of para-hydroxylation sites is 1. The summed E-state index contributed by atoms with van der Waals surface area (Å²) >= 11 is 0. The van der Waals surface area contributed by atoms with Crippen molar-refractivity contribution >= 4 is 6.03 Å². The fourth-order valence-corrected chi connectivity index (χ4v) is 3.09. The monoisotopic (exact) mass is 340 g/mol. The second-order valence-corrected chi connectivity index (χ2v) is 6.28. The van der Waals surface area contributed by atoms with Gasteiger partial charge < -0.3 is 24.4 Å². The average molecular weight is 340 g/mol. The van der Waals surface area contributed by atoms with Crippen LogP contribution in [0.1, 0.15) is 11.1 Å². The molecule has 2 aliphatic rings. The van der Waals surface area contributed by atoms with Crippen LogP contribution >= 0.6 is 0 Å². The summed E-state index contributed by atoms with van der Waals surface area (Å²) in [7, 11) is 1.77. The van der Waals surface area contributed by atoms with E-state index in [0.29, 0.717) is 13.1 Å². The minimum atomic E-state index is -0.128. The zero-order chi connectivity index (χ0) is 17.2. The number of benzene rings is 2. The number of carbonyl (C=O) groups excluding carboxylic acids is 1.